The van der Waals surface area contributed by atoms with Gasteiger partial charge in [0.2, 0.25) is 6.19 Å². The minimum Gasteiger partial charge on any atom is -0.359 e. The molecule has 0 aliphatic carbocycles. The molecule has 4 rings (SSSR count). The van der Waals surface area contributed by atoms with Crippen LogP contribution in [-0.4, -0.2) is 52.3 Å². The van der Waals surface area contributed by atoms with Crippen molar-refractivity contribution in [1.82, 2.24) is 19.8 Å². The Balaban J connectivity index is 0.00000196. The smallest absolute Gasteiger partial charge is 0.207 e. The molecule has 134 valence electrons. The highest BCUT2D eigenvalue weighted by Crippen LogP contribution is 2.42. The molecule has 0 spiro atoms. The zero-order chi connectivity index (χ0) is 17.1. The van der Waals surface area contributed by atoms with E-state index in [1.54, 1.807) is 36.7 Å². The fourth-order valence-corrected chi connectivity index (χ4v) is 3.86. The molecular weight excluding hydrogens is 346 g/mol. The van der Waals surface area contributed by atoms with E-state index >= 15 is 0 Å². The fourth-order valence-electron chi connectivity index (χ4n) is 2.98. The second kappa shape index (κ2) is 8.17. The molecule has 1 fully saturated rings. The molecule has 1 aromatic heterocycles. The lowest BCUT2D eigenvalue weighted by Gasteiger charge is -2.33. The lowest BCUT2D eigenvalue weighted by Crippen LogP contribution is -2.45. The lowest BCUT2D eigenvalue weighted by molar-refractivity contribution is 0.178. The predicted molar refractivity (Wildman–Crippen MR) is 104 cm³/mol. The number of aliphatic imine (C=N–C) groups is 1. The maximum absolute atomic E-state index is 8.50. The monoisotopic (exact) mass is 367 g/mol. The van der Waals surface area contributed by atoms with Crippen molar-refractivity contribution in [2.75, 3.05) is 31.5 Å². The Kier molecular flexibility index (Phi) is 5.71. The minimum atomic E-state index is 0. The minimum absolute atomic E-state index is 0. The molecular formula is C18H21N7S. The van der Waals surface area contributed by atoms with Crippen molar-refractivity contribution < 1.29 is 0 Å². The molecule has 2 aliphatic rings. The van der Waals surface area contributed by atoms with Crippen molar-refractivity contribution >= 4 is 29.6 Å². The first-order chi connectivity index (χ1) is 12.3. The number of piperazine rings is 1. The van der Waals surface area contributed by atoms with Crippen LogP contribution >= 0.6 is 11.8 Å². The first kappa shape index (κ1) is 18.2. The predicted octanol–water partition coefficient (Wildman–Crippen LogP) is 2.95. The van der Waals surface area contributed by atoms with Gasteiger partial charge in [-0.2, -0.15) is 10.3 Å². The van der Waals surface area contributed by atoms with Gasteiger partial charge in [-0.15, -0.1) is 0 Å². The van der Waals surface area contributed by atoms with Crippen LogP contribution in [0.25, 0.3) is 0 Å². The molecule has 1 aromatic carbocycles. The number of hydrogen-bond acceptors (Lipinski definition) is 7. The van der Waals surface area contributed by atoms with Crippen molar-refractivity contribution in [1.29, 1.82) is 5.26 Å². The number of nitrogens with one attached hydrogen (secondary N) is 1. The summed E-state index contributed by atoms with van der Waals surface area (Å²) in [5.74, 6) is 0.822. The number of rotatable bonds is 3. The third-order valence-corrected chi connectivity index (χ3v) is 5.33. The van der Waals surface area contributed by atoms with Crippen LogP contribution in [0.15, 0.2) is 45.5 Å². The van der Waals surface area contributed by atoms with Crippen LogP contribution in [0.4, 0.5) is 11.5 Å². The summed E-state index contributed by atoms with van der Waals surface area (Å²) in [6.07, 6.45) is 6.85. The van der Waals surface area contributed by atoms with Crippen molar-refractivity contribution in [2.45, 2.75) is 23.9 Å². The summed E-state index contributed by atoms with van der Waals surface area (Å²) in [6, 6.07) is 6.53. The summed E-state index contributed by atoms with van der Waals surface area (Å²) < 4.78 is 0. The second-order valence-corrected chi connectivity index (χ2v) is 6.96. The maximum Gasteiger partial charge on any atom is 0.207 e. The molecule has 2 aromatic rings. The number of aromatic nitrogens is 2. The molecule has 7 nitrogen and oxygen atoms in total. The van der Waals surface area contributed by atoms with Crippen LogP contribution in [-0.2, 0) is 6.54 Å². The molecule has 1 saturated heterocycles. The van der Waals surface area contributed by atoms with E-state index in [1.165, 1.54) is 10.5 Å². The number of benzene rings is 1. The summed E-state index contributed by atoms with van der Waals surface area (Å²) in [5.41, 5.74) is 2.37. The van der Waals surface area contributed by atoms with Crippen molar-refractivity contribution in [2.24, 2.45) is 4.99 Å². The van der Waals surface area contributed by atoms with Gasteiger partial charge in [0.1, 0.15) is 11.4 Å². The largest absolute Gasteiger partial charge is 0.359 e. The van der Waals surface area contributed by atoms with Crippen molar-refractivity contribution in [3.05, 3.63) is 36.2 Å². The van der Waals surface area contributed by atoms with Gasteiger partial charge >= 0.3 is 0 Å². The SMILES string of the molecule is C.N#CN=CN1CCN(Cc2ccc3c(c2)Nc2nccnc2S3)CC1. The van der Waals surface area contributed by atoms with Gasteiger partial charge < -0.3 is 10.2 Å². The molecule has 0 atom stereocenters. The van der Waals surface area contributed by atoms with E-state index in [-0.39, 0.29) is 7.43 Å². The number of nitrogens with zero attached hydrogens (tertiary/aromatic N) is 6. The molecule has 0 amide bonds. The summed E-state index contributed by atoms with van der Waals surface area (Å²) in [7, 11) is 0. The molecule has 0 unspecified atom stereocenters. The number of fused-ring (bicyclic) bond motifs is 2. The van der Waals surface area contributed by atoms with Gasteiger partial charge in [0, 0.05) is 50.0 Å². The van der Waals surface area contributed by atoms with Crippen LogP contribution in [0.2, 0.25) is 0 Å². The third-order valence-electron chi connectivity index (χ3n) is 4.26. The Labute approximate surface area is 157 Å². The van der Waals surface area contributed by atoms with Crippen LogP contribution < -0.4 is 5.32 Å². The Morgan fingerprint density at radius 2 is 2.04 bits per heavy atom. The lowest BCUT2D eigenvalue weighted by atomic mass is 10.1. The van der Waals surface area contributed by atoms with Gasteiger partial charge in [-0.3, -0.25) is 4.90 Å². The fraction of sp³-hybridized carbons (Fsp3) is 0.333. The van der Waals surface area contributed by atoms with E-state index in [0.29, 0.717) is 0 Å². The van der Waals surface area contributed by atoms with Crippen LogP contribution in [0, 0.1) is 11.5 Å². The van der Waals surface area contributed by atoms with E-state index in [1.807, 2.05) is 0 Å². The Morgan fingerprint density at radius 3 is 2.85 bits per heavy atom. The first-order valence-corrected chi connectivity index (χ1v) is 8.91. The topological polar surface area (TPSA) is 80.4 Å². The zero-order valence-corrected chi connectivity index (χ0v) is 14.4. The molecule has 1 N–H and O–H groups in total. The van der Waals surface area contributed by atoms with Gasteiger partial charge in [-0.05, 0) is 17.7 Å². The highest BCUT2D eigenvalue weighted by molar-refractivity contribution is 7.99. The molecule has 26 heavy (non-hydrogen) atoms. The van der Waals surface area contributed by atoms with Crippen LogP contribution in [0.3, 0.4) is 0 Å². The highest BCUT2D eigenvalue weighted by atomic mass is 32.2. The van der Waals surface area contributed by atoms with Crippen molar-refractivity contribution in [3.63, 3.8) is 0 Å². The quantitative estimate of drug-likeness (QED) is 0.433. The number of hydrogen-bond donors (Lipinski definition) is 1. The van der Waals surface area contributed by atoms with E-state index in [9.17, 15) is 0 Å². The van der Waals surface area contributed by atoms with E-state index in [2.05, 4.69) is 48.3 Å². The molecule has 2 aliphatic heterocycles. The summed E-state index contributed by atoms with van der Waals surface area (Å²) in [4.78, 5) is 18.0. The van der Waals surface area contributed by atoms with E-state index in [0.717, 1.165) is 49.3 Å². The molecule has 3 heterocycles. The molecule has 0 bridgehead atoms. The first-order valence-electron chi connectivity index (χ1n) is 8.09. The average molecular weight is 367 g/mol. The second-order valence-electron chi connectivity index (χ2n) is 5.92. The Morgan fingerprint density at radius 1 is 1.23 bits per heavy atom. The summed E-state index contributed by atoms with van der Waals surface area (Å²) in [5, 5.41) is 12.8. The van der Waals surface area contributed by atoms with Gasteiger partial charge in [-0.25, -0.2) is 9.97 Å². The standard InChI is InChI=1S/C17H17N7S.CH4/c18-11-19-12-24-7-5-23(6-8-24)10-13-1-2-15-14(9-13)22-16-17(25-15)21-4-3-20-16;/h1-4,9,12H,5-8,10H2,(H,20,22);1H4. The average Bonchev–Trinajstić information content (AvgIpc) is 2.66. The Hall–Kier alpha value is -2.63. The van der Waals surface area contributed by atoms with Gasteiger partial charge in [0.25, 0.3) is 0 Å². The summed E-state index contributed by atoms with van der Waals surface area (Å²) >= 11 is 1.65. The zero-order valence-electron chi connectivity index (χ0n) is 13.6. The van der Waals surface area contributed by atoms with Gasteiger partial charge in [-0.1, -0.05) is 25.3 Å². The molecule has 8 heteroatoms. The number of anilines is 2. The highest BCUT2D eigenvalue weighted by Gasteiger charge is 2.19. The maximum atomic E-state index is 8.50. The molecule has 0 radical (unpaired) electrons. The number of nitriles is 1. The Bertz CT molecular complexity index is 838. The normalized spacial score (nSPS) is 16.2. The van der Waals surface area contributed by atoms with Crippen LogP contribution in [0.1, 0.15) is 13.0 Å². The molecule has 0 saturated carbocycles. The van der Waals surface area contributed by atoms with Gasteiger partial charge in [0.05, 0.1) is 5.69 Å². The van der Waals surface area contributed by atoms with Gasteiger partial charge in [0.15, 0.2) is 5.82 Å². The van der Waals surface area contributed by atoms with E-state index < -0.39 is 0 Å². The summed E-state index contributed by atoms with van der Waals surface area (Å²) in [6.45, 7) is 4.63. The van der Waals surface area contributed by atoms with Crippen LogP contribution in [0.5, 0.6) is 0 Å². The van der Waals surface area contributed by atoms with E-state index in [4.69, 9.17) is 5.26 Å². The third kappa shape index (κ3) is 3.95. The van der Waals surface area contributed by atoms with Crippen molar-refractivity contribution in [3.8, 4) is 6.19 Å².